The van der Waals surface area contributed by atoms with Gasteiger partial charge in [-0.25, -0.2) is 0 Å². The van der Waals surface area contributed by atoms with Gasteiger partial charge in [-0.3, -0.25) is 0 Å². The van der Waals surface area contributed by atoms with E-state index in [1.807, 2.05) is 6.92 Å². The van der Waals surface area contributed by atoms with E-state index in [0.29, 0.717) is 23.2 Å². The van der Waals surface area contributed by atoms with Crippen molar-refractivity contribution in [3.63, 3.8) is 0 Å². The summed E-state index contributed by atoms with van der Waals surface area (Å²) in [4.78, 5) is 0. The van der Waals surface area contributed by atoms with Crippen LogP contribution in [-0.2, 0) is 4.74 Å². The molecule has 5 saturated carbocycles. The lowest BCUT2D eigenvalue weighted by Gasteiger charge is -2.56. The molecule has 0 saturated heterocycles. The fraction of sp³-hybridized carbons (Fsp3) is 1.00. The molecule has 2 N–H and O–H groups in total. The number of hydrogen-bond acceptors (Lipinski definition) is 3. The van der Waals surface area contributed by atoms with Crippen molar-refractivity contribution in [3.05, 3.63) is 0 Å². The quantitative estimate of drug-likeness (QED) is 0.801. The van der Waals surface area contributed by atoms with Crippen molar-refractivity contribution >= 4 is 0 Å². The topological polar surface area (TPSA) is 49.7 Å². The van der Waals surface area contributed by atoms with Crippen LogP contribution >= 0.6 is 0 Å². The molecule has 3 unspecified atom stereocenters. The predicted molar refractivity (Wildman–Crippen MR) is 96.9 cm³/mol. The summed E-state index contributed by atoms with van der Waals surface area (Å²) in [6.07, 6.45) is 9.99. The van der Waals surface area contributed by atoms with E-state index in [-0.39, 0.29) is 12.2 Å². The van der Waals surface area contributed by atoms with Crippen LogP contribution in [0.2, 0.25) is 0 Å². The molecule has 0 aromatic heterocycles. The Kier molecular flexibility index (Phi) is 3.71. The van der Waals surface area contributed by atoms with E-state index in [1.54, 1.807) is 7.11 Å². The van der Waals surface area contributed by atoms with Crippen LogP contribution in [0.3, 0.4) is 0 Å². The number of rotatable bonds is 2. The Bertz CT molecular complexity index is 547. The minimum atomic E-state index is -0.489. The van der Waals surface area contributed by atoms with Crippen LogP contribution in [0.1, 0.15) is 65.2 Å². The Morgan fingerprint density at radius 3 is 2.32 bits per heavy atom. The number of fused-ring (bicyclic) bond motifs is 7. The minimum Gasteiger partial charge on any atom is -0.393 e. The average Bonchev–Trinajstić information content (AvgIpc) is 3.04. The van der Waals surface area contributed by atoms with Crippen LogP contribution < -0.4 is 0 Å². The number of hydrogen-bond donors (Lipinski definition) is 2. The van der Waals surface area contributed by atoms with Gasteiger partial charge in [-0.15, -0.1) is 0 Å². The van der Waals surface area contributed by atoms with Crippen molar-refractivity contribution in [3.8, 4) is 0 Å². The highest BCUT2D eigenvalue weighted by molar-refractivity contribution is 5.21. The predicted octanol–water partition coefficient (Wildman–Crippen LogP) is 3.62. The molecule has 0 aromatic carbocycles. The molecule has 5 fully saturated rings. The Morgan fingerprint density at radius 2 is 1.60 bits per heavy atom. The van der Waals surface area contributed by atoms with E-state index >= 15 is 0 Å². The van der Waals surface area contributed by atoms with Crippen LogP contribution in [0.4, 0.5) is 0 Å². The smallest absolute Gasteiger partial charge is 0.0968 e. The SMILES string of the molecule is COC1C2[C@H]3CC[C@@H]4[C@H](CC[C@]5(C)[C@@H](C(C)O)CC[C@@H]45)[C@H]3CC[C@]12O. The summed E-state index contributed by atoms with van der Waals surface area (Å²) in [7, 11) is 1.78. The number of ether oxygens (including phenoxy) is 1. The number of aliphatic hydroxyl groups excluding tert-OH is 1. The van der Waals surface area contributed by atoms with Crippen LogP contribution in [0.25, 0.3) is 0 Å². The molecule has 0 bridgehead atoms. The summed E-state index contributed by atoms with van der Waals surface area (Å²) in [6, 6.07) is 0. The molecule has 0 amide bonds. The Labute approximate surface area is 152 Å². The highest BCUT2D eigenvalue weighted by Gasteiger charge is 2.72. The van der Waals surface area contributed by atoms with Gasteiger partial charge in [-0.2, -0.15) is 0 Å². The normalized spacial score (nSPS) is 60.8. The van der Waals surface area contributed by atoms with Gasteiger partial charge in [0, 0.05) is 13.0 Å². The zero-order chi connectivity index (χ0) is 17.6. The maximum atomic E-state index is 10.9. The molecule has 3 heteroatoms. The fourth-order valence-corrected chi connectivity index (χ4v) is 8.96. The Balaban J connectivity index is 1.38. The first-order valence-corrected chi connectivity index (χ1v) is 10.8. The molecule has 25 heavy (non-hydrogen) atoms. The first kappa shape index (κ1) is 17.0. The zero-order valence-corrected chi connectivity index (χ0v) is 16.2. The fourth-order valence-electron chi connectivity index (χ4n) is 8.96. The molecule has 0 aromatic rings. The minimum absolute atomic E-state index is 0.110. The van der Waals surface area contributed by atoms with Crippen LogP contribution in [0, 0.1) is 46.8 Å². The lowest BCUT2D eigenvalue weighted by molar-refractivity contribution is -0.0904. The molecule has 0 spiro atoms. The average molecular weight is 349 g/mol. The van der Waals surface area contributed by atoms with E-state index in [4.69, 9.17) is 4.74 Å². The van der Waals surface area contributed by atoms with E-state index in [9.17, 15) is 10.2 Å². The maximum absolute atomic E-state index is 10.9. The van der Waals surface area contributed by atoms with E-state index in [1.165, 1.54) is 44.9 Å². The van der Waals surface area contributed by atoms with Gasteiger partial charge in [0.2, 0.25) is 0 Å². The molecule has 142 valence electrons. The van der Waals surface area contributed by atoms with Crippen LogP contribution in [-0.4, -0.2) is 35.1 Å². The monoisotopic (exact) mass is 348 g/mol. The van der Waals surface area contributed by atoms with Gasteiger partial charge in [0.05, 0.1) is 17.8 Å². The highest BCUT2D eigenvalue weighted by Crippen LogP contribution is 2.69. The largest absolute Gasteiger partial charge is 0.393 e. The molecular formula is C22H36O3. The molecule has 0 aliphatic heterocycles. The van der Waals surface area contributed by atoms with E-state index < -0.39 is 5.60 Å². The van der Waals surface area contributed by atoms with E-state index in [0.717, 1.165) is 30.1 Å². The van der Waals surface area contributed by atoms with E-state index in [2.05, 4.69) is 6.92 Å². The summed E-state index contributed by atoms with van der Waals surface area (Å²) in [5.41, 5.74) is -0.122. The first-order chi connectivity index (χ1) is 11.9. The van der Waals surface area contributed by atoms with Crippen molar-refractivity contribution in [2.24, 2.45) is 46.8 Å². The zero-order valence-electron chi connectivity index (χ0n) is 16.2. The highest BCUT2D eigenvalue weighted by atomic mass is 16.5. The van der Waals surface area contributed by atoms with Gasteiger partial charge >= 0.3 is 0 Å². The summed E-state index contributed by atoms with van der Waals surface area (Å²) >= 11 is 0. The van der Waals surface area contributed by atoms with Crippen molar-refractivity contribution in [1.29, 1.82) is 0 Å². The lowest BCUT2D eigenvalue weighted by Crippen LogP contribution is -2.50. The molecule has 5 aliphatic rings. The Hall–Kier alpha value is -0.120. The number of methoxy groups -OCH3 is 1. The van der Waals surface area contributed by atoms with Crippen LogP contribution in [0.15, 0.2) is 0 Å². The third-order valence-electron chi connectivity index (χ3n) is 9.96. The van der Waals surface area contributed by atoms with Crippen molar-refractivity contribution < 1.29 is 14.9 Å². The molecule has 5 aliphatic carbocycles. The third-order valence-corrected chi connectivity index (χ3v) is 9.96. The summed E-state index contributed by atoms with van der Waals surface area (Å²) in [5, 5.41) is 21.2. The molecular weight excluding hydrogens is 312 g/mol. The molecule has 0 heterocycles. The summed E-state index contributed by atoms with van der Waals surface area (Å²) < 4.78 is 5.64. The van der Waals surface area contributed by atoms with Crippen molar-refractivity contribution in [2.75, 3.05) is 7.11 Å². The molecule has 3 nitrogen and oxygen atoms in total. The Morgan fingerprint density at radius 1 is 0.920 bits per heavy atom. The second-order valence-corrected chi connectivity index (χ2v) is 10.5. The maximum Gasteiger partial charge on any atom is 0.0968 e. The third kappa shape index (κ3) is 2.09. The van der Waals surface area contributed by atoms with Crippen LogP contribution in [0.5, 0.6) is 0 Å². The molecule has 0 radical (unpaired) electrons. The van der Waals surface area contributed by atoms with Crippen molar-refractivity contribution in [2.45, 2.75) is 83.0 Å². The molecule has 11 atom stereocenters. The van der Waals surface area contributed by atoms with Gasteiger partial charge in [-0.05, 0) is 99.2 Å². The standard InChI is InChI=1S/C22H36O3/c1-12(23)17-6-7-18-15-4-5-16-14(13(15)8-10-21(17,18)2)9-11-22(24)19(16)20(22)25-3/h12-20,23-24H,4-11H2,1-3H3/t12?,13-,14-,15-,16+,17-,18+,19?,20?,21-,22-/m1/s1. The van der Waals surface area contributed by atoms with Gasteiger partial charge in [-0.1, -0.05) is 6.92 Å². The summed E-state index contributed by atoms with van der Waals surface area (Å²) in [5.74, 6) is 5.00. The van der Waals surface area contributed by atoms with Gasteiger partial charge in [0.1, 0.15) is 0 Å². The van der Waals surface area contributed by atoms with Gasteiger partial charge < -0.3 is 14.9 Å². The number of aliphatic hydroxyl groups is 2. The first-order valence-electron chi connectivity index (χ1n) is 10.8. The second kappa shape index (κ2) is 5.45. The van der Waals surface area contributed by atoms with Gasteiger partial charge in [0.15, 0.2) is 0 Å². The van der Waals surface area contributed by atoms with Gasteiger partial charge in [0.25, 0.3) is 0 Å². The van der Waals surface area contributed by atoms with Crippen molar-refractivity contribution in [1.82, 2.24) is 0 Å². The second-order valence-electron chi connectivity index (χ2n) is 10.5. The lowest BCUT2D eigenvalue weighted by atomic mass is 9.49. The molecule has 5 rings (SSSR count). The summed E-state index contributed by atoms with van der Waals surface area (Å²) in [6.45, 7) is 4.51.